The topological polar surface area (TPSA) is 28.4 Å². The monoisotopic (exact) mass is 362 g/mol. The summed E-state index contributed by atoms with van der Waals surface area (Å²) in [7, 11) is 0. The Hall–Kier alpha value is -2.36. The number of nitrogens with zero attached hydrogens (tertiary/aromatic N) is 2. The standard InChI is InChI=1S/C24H30N2O/c1-3-24(27)19-25(16-21-11-5-4-6-12-21)18-23-14-9-15-26(23)17-22-13-8-7-10-20(22)2/h4-15,24,27H,3,16-19H2,1-2H3/t24-/m0/s1. The van der Waals surface area contributed by atoms with Gasteiger partial charge in [-0.05, 0) is 42.2 Å². The molecule has 1 atom stereocenters. The van der Waals surface area contributed by atoms with Crippen LogP contribution in [0.2, 0.25) is 0 Å². The van der Waals surface area contributed by atoms with E-state index in [1.807, 2.05) is 13.0 Å². The smallest absolute Gasteiger partial charge is 0.0664 e. The molecule has 1 aromatic heterocycles. The van der Waals surface area contributed by atoms with Gasteiger partial charge in [0.1, 0.15) is 0 Å². The summed E-state index contributed by atoms with van der Waals surface area (Å²) in [6.07, 6.45) is 2.63. The molecule has 1 heterocycles. The first-order chi connectivity index (χ1) is 13.2. The van der Waals surface area contributed by atoms with Crippen molar-refractivity contribution in [2.45, 2.75) is 46.0 Å². The second kappa shape index (κ2) is 9.54. The predicted octanol–water partition coefficient (Wildman–Crippen LogP) is 4.62. The molecule has 0 saturated carbocycles. The van der Waals surface area contributed by atoms with Gasteiger partial charge in [-0.1, -0.05) is 61.5 Å². The van der Waals surface area contributed by atoms with Crippen molar-refractivity contribution in [1.82, 2.24) is 9.47 Å². The van der Waals surface area contributed by atoms with Gasteiger partial charge in [0, 0.05) is 38.1 Å². The quantitative estimate of drug-likeness (QED) is 0.602. The van der Waals surface area contributed by atoms with Crippen LogP contribution in [-0.2, 0) is 19.6 Å². The molecular weight excluding hydrogens is 332 g/mol. The zero-order valence-electron chi connectivity index (χ0n) is 16.4. The van der Waals surface area contributed by atoms with Crippen LogP contribution in [0, 0.1) is 6.92 Å². The summed E-state index contributed by atoms with van der Waals surface area (Å²) < 4.78 is 2.32. The summed E-state index contributed by atoms with van der Waals surface area (Å²) in [5.74, 6) is 0. The molecule has 0 amide bonds. The third-order valence-electron chi connectivity index (χ3n) is 5.10. The number of aromatic nitrogens is 1. The van der Waals surface area contributed by atoms with Crippen molar-refractivity contribution in [1.29, 1.82) is 0 Å². The van der Waals surface area contributed by atoms with E-state index < -0.39 is 0 Å². The van der Waals surface area contributed by atoms with Gasteiger partial charge >= 0.3 is 0 Å². The van der Waals surface area contributed by atoms with Crippen LogP contribution >= 0.6 is 0 Å². The average molecular weight is 363 g/mol. The maximum absolute atomic E-state index is 10.2. The van der Waals surface area contributed by atoms with E-state index in [4.69, 9.17) is 0 Å². The minimum Gasteiger partial charge on any atom is -0.392 e. The fourth-order valence-electron chi connectivity index (χ4n) is 3.40. The van der Waals surface area contributed by atoms with Crippen molar-refractivity contribution in [3.05, 3.63) is 95.3 Å². The van der Waals surface area contributed by atoms with Gasteiger partial charge < -0.3 is 9.67 Å². The summed E-state index contributed by atoms with van der Waals surface area (Å²) in [6, 6.07) is 23.3. The number of aryl methyl sites for hydroxylation is 1. The molecule has 1 N–H and O–H groups in total. The van der Waals surface area contributed by atoms with E-state index in [-0.39, 0.29) is 6.10 Å². The first-order valence-electron chi connectivity index (χ1n) is 9.78. The molecule has 3 rings (SSSR count). The summed E-state index contributed by atoms with van der Waals surface area (Å²) in [4.78, 5) is 2.34. The van der Waals surface area contributed by atoms with Crippen LogP contribution < -0.4 is 0 Å². The van der Waals surface area contributed by atoms with Gasteiger partial charge in [-0.3, -0.25) is 4.90 Å². The van der Waals surface area contributed by atoms with Crippen molar-refractivity contribution in [3.8, 4) is 0 Å². The second-order valence-electron chi connectivity index (χ2n) is 7.27. The fraction of sp³-hybridized carbons (Fsp3) is 0.333. The van der Waals surface area contributed by atoms with E-state index in [0.717, 1.165) is 26.1 Å². The minimum atomic E-state index is -0.298. The zero-order valence-corrected chi connectivity index (χ0v) is 16.4. The van der Waals surface area contributed by atoms with Crippen LogP contribution in [-0.4, -0.2) is 27.2 Å². The Kier molecular flexibility index (Phi) is 6.86. The number of rotatable bonds is 9. The van der Waals surface area contributed by atoms with Crippen molar-refractivity contribution in [2.75, 3.05) is 6.54 Å². The number of aliphatic hydroxyl groups excluding tert-OH is 1. The highest BCUT2D eigenvalue weighted by Crippen LogP contribution is 2.15. The van der Waals surface area contributed by atoms with E-state index in [1.54, 1.807) is 0 Å². The zero-order chi connectivity index (χ0) is 19.1. The van der Waals surface area contributed by atoms with Crippen molar-refractivity contribution in [2.24, 2.45) is 0 Å². The van der Waals surface area contributed by atoms with Gasteiger partial charge in [-0.25, -0.2) is 0 Å². The molecule has 3 aromatic rings. The van der Waals surface area contributed by atoms with E-state index in [0.29, 0.717) is 6.54 Å². The number of hydrogen-bond donors (Lipinski definition) is 1. The fourth-order valence-corrected chi connectivity index (χ4v) is 3.40. The highest BCUT2D eigenvalue weighted by atomic mass is 16.3. The van der Waals surface area contributed by atoms with Crippen molar-refractivity contribution in [3.63, 3.8) is 0 Å². The Morgan fingerprint density at radius 1 is 0.926 bits per heavy atom. The summed E-state index contributed by atoms with van der Waals surface area (Å²) in [5.41, 5.74) is 5.22. The third kappa shape index (κ3) is 5.56. The summed E-state index contributed by atoms with van der Waals surface area (Å²) in [5, 5.41) is 10.2. The molecule has 3 nitrogen and oxygen atoms in total. The molecule has 0 spiro atoms. The highest BCUT2D eigenvalue weighted by molar-refractivity contribution is 5.26. The molecule has 27 heavy (non-hydrogen) atoms. The van der Waals surface area contributed by atoms with Crippen molar-refractivity contribution < 1.29 is 5.11 Å². The molecule has 2 aromatic carbocycles. The molecule has 0 bridgehead atoms. The molecule has 0 radical (unpaired) electrons. The maximum Gasteiger partial charge on any atom is 0.0664 e. The largest absolute Gasteiger partial charge is 0.392 e. The predicted molar refractivity (Wildman–Crippen MR) is 112 cm³/mol. The van der Waals surface area contributed by atoms with E-state index in [9.17, 15) is 5.11 Å². The van der Waals surface area contributed by atoms with Crippen LogP contribution in [0.1, 0.15) is 35.7 Å². The van der Waals surface area contributed by atoms with Crippen LogP contribution in [0.3, 0.4) is 0 Å². The van der Waals surface area contributed by atoms with Gasteiger partial charge in [0.05, 0.1) is 6.10 Å². The second-order valence-corrected chi connectivity index (χ2v) is 7.27. The lowest BCUT2D eigenvalue weighted by Crippen LogP contribution is -2.32. The number of benzene rings is 2. The molecular formula is C24H30N2O. The summed E-state index contributed by atoms with van der Waals surface area (Å²) >= 11 is 0. The molecule has 0 aliphatic heterocycles. The minimum absolute atomic E-state index is 0.298. The lowest BCUT2D eigenvalue weighted by atomic mass is 10.1. The van der Waals surface area contributed by atoms with E-state index in [2.05, 4.69) is 83.3 Å². The SMILES string of the molecule is CC[C@H](O)CN(Cc1ccccc1)Cc1cccn1Cc1ccccc1C. The molecule has 0 aliphatic carbocycles. The Morgan fingerprint density at radius 2 is 1.67 bits per heavy atom. The van der Waals surface area contributed by atoms with Gasteiger partial charge in [-0.2, -0.15) is 0 Å². The van der Waals surface area contributed by atoms with Gasteiger partial charge in [0.15, 0.2) is 0 Å². The Balaban J connectivity index is 1.75. The third-order valence-corrected chi connectivity index (χ3v) is 5.10. The molecule has 142 valence electrons. The van der Waals surface area contributed by atoms with Gasteiger partial charge in [-0.15, -0.1) is 0 Å². The van der Waals surface area contributed by atoms with Crippen LogP contribution in [0.25, 0.3) is 0 Å². The molecule has 0 aliphatic rings. The number of hydrogen-bond acceptors (Lipinski definition) is 2. The maximum atomic E-state index is 10.2. The normalized spacial score (nSPS) is 12.4. The van der Waals surface area contributed by atoms with Crippen LogP contribution in [0.4, 0.5) is 0 Å². The molecule has 0 fully saturated rings. The molecule has 0 saturated heterocycles. The Bertz CT molecular complexity index is 825. The first kappa shape index (κ1) is 19.4. The summed E-state index contributed by atoms with van der Waals surface area (Å²) in [6.45, 7) is 7.42. The van der Waals surface area contributed by atoms with Crippen molar-refractivity contribution >= 4 is 0 Å². The van der Waals surface area contributed by atoms with E-state index in [1.165, 1.54) is 22.4 Å². The highest BCUT2D eigenvalue weighted by Gasteiger charge is 2.14. The molecule has 3 heteroatoms. The van der Waals surface area contributed by atoms with Gasteiger partial charge in [0.2, 0.25) is 0 Å². The van der Waals surface area contributed by atoms with Crippen LogP contribution in [0.5, 0.6) is 0 Å². The Labute approximate surface area is 162 Å². The van der Waals surface area contributed by atoms with Crippen LogP contribution in [0.15, 0.2) is 72.9 Å². The lowest BCUT2D eigenvalue weighted by molar-refractivity contribution is 0.100. The van der Waals surface area contributed by atoms with E-state index >= 15 is 0 Å². The lowest BCUT2D eigenvalue weighted by Gasteiger charge is -2.25. The Morgan fingerprint density at radius 3 is 2.41 bits per heavy atom. The first-order valence-corrected chi connectivity index (χ1v) is 9.78. The average Bonchev–Trinajstić information content (AvgIpc) is 3.11. The molecule has 0 unspecified atom stereocenters. The number of aliphatic hydroxyl groups is 1. The van der Waals surface area contributed by atoms with Gasteiger partial charge in [0.25, 0.3) is 0 Å².